The van der Waals surface area contributed by atoms with Gasteiger partial charge in [-0.15, -0.1) is 0 Å². The number of nitrogens with one attached hydrogen (secondary N) is 1. The summed E-state index contributed by atoms with van der Waals surface area (Å²) in [4.78, 5) is 21.1. The Bertz CT molecular complexity index is 697. The third kappa shape index (κ3) is 4.84. The number of benzene rings is 1. The van der Waals surface area contributed by atoms with E-state index in [1.807, 2.05) is 18.2 Å². The number of carbonyl (C=O) groups is 1. The number of carbonyl (C=O) groups excluding carboxylic acids is 1. The first-order chi connectivity index (χ1) is 12.3. The molecule has 2 heterocycles. The Labute approximate surface area is 147 Å². The fourth-order valence-electron chi connectivity index (χ4n) is 2.82. The third-order valence-corrected chi connectivity index (χ3v) is 4.15. The summed E-state index contributed by atoms with van der Waals surface area (Å²) in [5.74, 6) is 0.597. The van der Waals surface area contributed by atoms with Crippen LogP contribution in [0.4, 0.5) is 0 Å². The van der Waals surface area contributed by atoms with Crippen molar-refractivity contribution < 1.29 is 14.3 Å². The van der Waals surface area contributed by atoms with E-state index in [0.29, 0.717) is 18.7 Å². The number of ether oxygens (including phenoxy) is 2. The van der Waals surface area contributed by atoms with E-state index in [1.165, 1.54) is 0 Å². The van der Waals surface area contributed by atoms with Crippen LogP contribution < -0.4 is 5.32 Å². The van der Waals surface area contributed by atoms with Gasteiger partial charge in [-0.1, -0.05) is 12.1 Å². The highest BCUT2D eigenvalue weighted by Gasteiger charge is 2.18. The number of methoxy groups -OCH3 is 1. The number of amides is 1. The molecule has 0 aliphatic carbocycles. The van der Waals surface area contributed by atoms with Crippen LogP contribution in [0.3, 0.4) is 0 Å². The monoisotopic (exact) mass is 341 g/mol. The quantitative estimate of drug-likeness (QED) is 0.874. The van der Waals surface area contributed by atoms with E-state index >= 15 is 0 Å². The molecule has 1 aromatic carbocycles. The first-order valence-corrected chi connectivity index (χ1v) is 8.55. The van der Waals surface area contributed by atoms with E-state index in [-0.39, 0.29) is 12.0 Å². The van der Waals surface area contributed by atoms with Crippen molar-refractivity contribution in [1.29, 1.82) is 0 Å². The van der Waals surface area contributed by atoms with Crippen LogP contribution in [0.1, 0.15) is 52.7 Å². The largest absolute Gasteiger partial charge is 0.380 e. The highest BCUT2D eigenvalue weighted by atomic mass is 16.5. The molecule has 25 heavy (non-hydrogen) atoms. The molecule has 0 spiro atoms. The van der Waals surface area contributed by atoms with E-state index < -0.39 is 0 Å². The van der Waals surface area contributed by atoms with Crippen molar-refractivity contribution >= 4 is 5.91 Å². The van der Waals surface area contributed by atoms with Gasteiger partial charge in [0.05, 0.1) is 6.61 Å². The van der Waals surface area contributed by atoms with Gasteiger partial charge in [-0.05, 0) is 37.0 Å². The van der Waals surface area contributed by atoms with Crippen molar-refractivity contribution in [3.8, 4) is 0 Å². The molecule has 1 amide bonds. The molecule has 1 atom stereocenters. The third-order valence-electron chi connectivity index (χ3n) is 4.15. The summed E-state index contributed by atoms with van der Waals surface area (Å²) in [7, 11) is 1.63. The lowest BCUT2D eigenvalue weighted by Gasteiger charge is -2.21. The average Bonchev–Trinajstić information content (AvgIpc) is 2.68. The number of aromatic nitrogens is 2. The van der Waals surface area contributed by atoms with Crippen LogP contribution in [0.5, 0.6) is 0 Å². The molecule has 0 radical (unpaired) electrons. The van der Waals surface area contributed by atoms with Gasteiger partial charge < -0.3 is 14.8 Å². The lowest BCUT2D eigenvalue weighted by atomic mass is 10.1. The van der Waals surface area contributed by atoms with Gasteiger partial charge in [0, 0.05) is 43.8 Å². The molecule has 132 valence electrons. The van der Waals surface area contributed by atoms with Crippen LogP contribution in [-0.4, -0.2) is 29.6 Å². The molecule has 1 aromatic heterocycles. The van der Waals surface area contributed by atoms with Gasteiger partial charge in [0.2, 0.25) is 0 Å². The van der Waals surface area contributed by atoms with Gasteiger partial charge in [-0.3, -0.25) is 4.79 Å². The Balaban J connectivity index is 1.55. The Kier molecular flexibility index (Phi) is 6.09. The second-order valence-electron chi connectivity index (χ2n) is 6.12. The molecule has 1 aliphatic heterocycles. The lowest BCUT2D eigenvalue weighted by Crippen LogP contribution is -2.23. The smallest absolute Gasteiger partial charge is 0.251 e. The zero-order valence-corrected chi connectivity index (χ0v) is 14.4. The molecule has 1 N–H and O–H groups in total. The van der Waals surface area contributed by atoms with Crippen LogP contribution in [0.2, 0.25) is 0 Å². The van der Waals surface area contributed by atoms with Crippen molar-refractivity contribution in [1.82, 2.24) is 15.3 Å². The van der Waals surface area contributed by atoms with Crippen LogP contribution in [0.15, 0.2) is 36.7 Å². The van der Waals surface area contributed by atoms with Gasteiger partial charge in [-0.2, -0.15) is 0 Å². The highest BCUT2D eigenvalue weighted by molar-refractivity contribution is 5.94. The van der Waals surface area contributed by atoms with Gasteiger partial charge >= 0.3 is 0 Å². The number of nitrogens with zero attached hydrogens (tertiary/aromatic N) is 2. The molecule has 6 heteroatoms. The minimum absolute atomic E-state index is 0.000848. The van der Waals surface area contributed by atoms with Crippen molar-refractivity contribution in [2.45, 2.75) is 38.5 Å². The first kappa shape index (κ1) is 17.5. The normalized spacial score (nSPS) is 17.2. The zero-order chi connectivity index (χ0) is 17.5. The van der Waals surface area contributed by atoms with E-state index in [9.17, 15) is 4.79 Å². The number of hydrogen-bond donors (Lipinski definition) is 1. The molecule has 1 fully saturated rings. The lowest BCUT2D eigenvalue weighted by molar-refractivity contribution is 0.00940. The maximum atomic E-state index is 12.3. The van der Waals surface area contributed by atoms with Crippen molar-refractivity contribution in [3.63, 3.8) is 0 Å². The van der Waals surface area contributed by atoms with Crippen molar-refractivity contribution in [3.05, 3.63) is 59.2 Å². The van der Waals surface area contributed by atoms with Crippen molar-refractivity contribution in [2.75, 3.05) is 13.7 Å². The van der Waals surface area contributed by atoms with Gasteiger partial charge in [0.1, 0.15) is 6.10 Å². The Morgan fingerprint density at radius 3 is 2.84 bits per heavy atom. The first-order valence-electron chi connectivity index (χ1n) is 8.55. The minimum atomic E-state index is -0.127. The summed E-state index contributed by atoms with van der Waals surface area (Å²) in [5, 5.41) is 2.89. The summed E-state index contributed by atoms with van der Waals surface area (Å²) in [6.07, 6.45) is 6.72. The second-order valence-corrected chi connectivity index (χ2v) is 6.12. The van der Waals surface area contributed by atoms with E-state index in [4.69, 9.17) is 9.47 Å². The molecule has 3 rings (SSSR count). The summed E-state index contributed by atoms with van der Waals surface area (Å²) in [6, 6.07) is 7.40. The van der Waals surface area contributed by atoms with Crippen LogP contribution in [0.25, 0.3) is 0 Å². The summed E-state index contributed by atoms with van der Waals surface area (Å²) in [6.45, 7) is 1.65. The van der Waals surface area contributed by atoms with Crippen LogP contribution >= 0.6 is 0 Å². The molecule has 0 bridgehead atoms. The topological polar surface area (TPSA) is 73.3 Å². The standard InChI is InChI=1S/C19H23N3O3/c1-24-13-14-5-4-6-16(9-14)19(23)22-12-15-10-20-18(21-11-15)17-7-2-3-8-25-17/h4-6,9-11,17H,2-3,7-8,12-13H2,1H3,(H,22,23)/t17-/m0/s1. The molecule has 6 nitrogen and oxygen atoms in total. The second kappa shape index (κ2) is 8.69. The highest BCUT2D eigenvalue weighted by Crippen LogP contribution is 2.24. The number of rotatable bonds is 6. The molecule has 0 unspecified atom stereocenters. The maximum absolute atomic E-state index is 12.3. The summed E-state index contributed by atoms with van der Waals surface area (Å²) >= 11 is 0. The maximum Gasteiger partial charge on any atom is 0.251 e. The Hall–Kier alpha value is -2.31. The van der Waals surface area contributed by atoms with E-state index in [2.05, 4.69) is 15.3 Å². The Morgan fingerprint density at radius 1 is 1.28 bits per heavy atom. The summed E-state index contributed by atoms with van der Waals surface area (Å²) < 4.78 is 10.8. The number of hydrogen-bond acceptors (Lipinski definition) is 5. The van der Waals surface area contributed by atoms with Gasteiger partial charge in [0.25, 0.3) is 5.91 Å². The van der Waals surface area contributed by atoms with Crippen molar-refractivity contribution in [2.24, 2.45) is 0 Å². The molecule has 2 aromatic rings. The molecule has 0 saturated carbocycles. The van der Waals surface area contributed by atoms with Crippen LogP contribution in [0, 0.1) is 0 Å². The molecular weight excluding hydrogens is 318 g/mol. The fourth-order valence-corrected chi connectivity index (χ4v) is 2.82. The average molecular weight is 341 g/mol. The van der Waals surface area contributed by atoms with Gasteiger partial charge in [-0.25, -0.2) is 9.97 Å². The molecular formula is C19H23N3O3. The zero-order valence-electron chi connectivity index (χ0n) is 14.4. The predicted octanol–water partition coefficient (Wildman–Crippen LogP) is 2.79. The molecule has 1 aliphatic rings. The SMILES string of the molecule is COCc1cccc(C(=O)NCc2cnc([C@@H]3CCCCO3)nc2)c1. The fraction of sp³-hybridized carbons (Fsp3) is 0.421. The minimum Gasteiger partial charge on any atom is -0.380 e. The predicted molar refractivity (Wildman–Crippen MR) is 92.9 cm³/mol. The van der Waals surface area contributed by atoms with E-state index in [0.717, 1.165) is 42.8 Å². The van der Waals surface area contributed by atoms with E-state index in [1.54, 1.807) is 25.6 Å². The Morgan fingerprint density at radius 2 is 2.12 bits per heavy atom. The molecule has 1 saturated heterocycles. The van der Waals surface area contributed by atoms with Crippen LogP contribution in [-0.2, 0) is 22.6 Å². The summed E-state index contributed by atoms with van der Waals surface area (Å²) in [5.41, 5.74) is 2.44. The van der Waals surface area contributed by atoms with Gasteiger partial charge in [0.15, 0.2) is 5.82 Å².